The summed E-state index contributed by atoms with van der Waals surface area (Å²) >= 11 is 0. The number of anilines is 2. The predicted molar refractivity (Wildman–Crippen MR) is 76.4 cm³/mol. The van der Waals surface area contributed by atoms with Gasteiger partial charge in [-0.15, -0.1) is 0 Å². The maximum atomic E-state index is 5.66. The molecule has 0 fully saturated rings. The second-order valence-electron chi connectivity index (χ2n) is 4.87. The van der Waals surface area contributed by atoms with Crippen LogP contribution >= 0.6 is 0 Å². The van der Waals surface area contributed by atoms with Crippen LogP contribution in [0, 0.1) is 6.92 Å². The average Bonchev–Trinajstić information content (AvgIpc) is 2.46. The molecule has 0 radical (unpaired) electrons. The van der Waals surface area contributed by atoms with E-state index in [9.17, 15) is 0 Å². The highest BCUT2D eigenvalue weighted by Gasteiger charge is 2.19. The summed E-state index contributed by atoms with van der Waals surface area (Å²) in [5.74, 6) is 0.779. The molecule has 1 aliphatic heterocycles. The van der Waals surface area contributed by atoms with Gasteiger partial charge in [-0.25, -0.2) is 9.97 Å². The van der Waals surface area contributed by atoms with Crippen molar-refractivity contribution in [1.29, 1.82) is 0 Å². The summed E-state index contributed by atoms with van der Waals surface area (Å²) in [5.41, 5.74) is 10.2. The summed E-state index contributed by atoms with van der Waals surface area (Å²) in [7, 11) is 0. The first-order valence-corrected chi connectivity index (χ1v) is 6.67. The minimum Gasteiger partial charge on any atom is -0.326 e. The van der Waals surface area contributed by atoms with E-state index < -0.39 is 0 Å². The van der Waals surface area contributed by atoms with Crippen LogP contribution in [-0.4, -0.2) is 16.5 Å². The van der Waals surface area contributed by atoms with Gasteiger partial charge < -0.3 is 10.6 Å². The van der Waals surface area contributed by atoms with Crippen molar-refractivity contribution in [2.45, 2.75) is 26.3 Å². The molecule has 1 aromatic heterocycles. The smallest absolute Gasteiger partial charge is 0.230 e. The van der Waals surface area contributed by atoms with Crippen LogP contribution in [0.5, 0.6) is 0 Å². The zero-order chi connectivity index (χ0) is 13.2. The molecule has 4 nitrogen and oxygen atoms in total. The van der Waals surface area contributed by atoms with Crippen LogP contribution in [0.15, 0.2) is 30.5 Å². The standard InChI is InChI=1S/C15H18N4/c1-11-13(9-16)10-17-15(18-11)19-8-4-6-12-5-2-3-7-14(12)19/h2-3,5,7,10H,4,6,8-9,16H2,1H3. The average molecular weight is 254 g/mol. The lowest BCUT2D eigenvalue weighted by Crippen LogP contribution is -2.26. The number of rotatable bonds is 2. The van der Waals surface area contributed by atoms with Gasteiger partial charge in [0, 0.05) is 36.2 Å². The summed E-state index contributed by atoms with van der Waals surface area (Å²) in [6, 6.07) is 8.48. The molecule has 2 heterocycles. The second-order valence-corrected chi connectivity index (χ2v) is 4.87. The Morgan fingerprint density at radius 1 is 1.32 bits per heavy atom. The predicted octanol–water partition coefficient (Wildman–Crippen LogP) is 2.33. The number of hydrogen-bond acceptors (Lipinski definition) is 4. The SMILES string of the molecule is Cc1nc(N2CCCc3ccccc32)ncc1CN. The van der Waals surface area contributed by atoms with E-state index in [4.69, 9.17) is 5.73 Å². The normalized spacial score (nSPS) is 14.3. The molecule has 0 spiro atoms. The summed E-state index contributed by atoms with van der Waals surface area (Å²) in [5, 5.41) is 0. The van der Waals surface area contributed by atoms with Gasteiger partial charge in [0.05, 0.1) is 0 Å². The maximum absolute atomic E-state index is 5.66. The molecule has 0 bridgehead atoms. The molecule has 2 aromatic rings. The second kappa shape index (κ2) is 4.97. The van der Waals surface area contributed by atoms with E-state index in [1.54, 1.807) is 0 Å². The Hall–Kier alpha value is -1.94. The van der Waals surface area contributed by atoms with Gasteiger partial charge in [-0.2, -0.15) is 0 Å². The lowest BCUT2D eigenvalue weighted by Gasteiger charge is -2.29. The Kier molecular flexibility index (Phi) is 3.17. The molecule has 0 saturated carbocycles. The van der Waals surface area contributed by atoms with Crippen molar-refractivity contribution in [2.75, 3.05) is 11.4 Å². The van der Waals surface area contributed by atoms with Gasteiger partial charge in [-0.3, -0.25) is 0 Å². The highest BCUT2D eigenvalue weighted by atomic mass is 15.3. The fraction of sp³-hybridized carbons (Fsp3) is 0.333. The van der Waals surface area contributed by atoms with Gasteiger partial charge in [0.25, 0.3) is 0 Å². The molecular weight excluding hydrogens is 236 g/mol. The zero-order valence-electron chi connectivity index (χ0n) is 11.1. The molecule has 0 amide bonds. The Morgan fingerprint density at radius 2 is 2.16 bits per heavy atom. The monoisotopic (exact) mass is 254 g/mol. The third kappa shape index (κ3) is 2.19. The van der Waals surface area contributed by atoms with Crippen LogP contribution in [0.1, 0.15) is 23.2 Å². The van der Waals surface area contributed by atoms with Gasteiger partial charge in [0.1, 0.15) is 0 Å². The van der Waals surface area contributed by atoms with Crippen LogP contribution in [-0.2, 0) is 13.0 Å². The van der Waals surface area contributed by atoms with Crippen LogP contribution < -0.4 is 10.6 Å². The van der Waals surface area contributed by atoms with E-state index >= 15 is 0 Å². The van der Waals surface area contributed by atoms with Crippen LogP contribution in [0.25, 0.3) is 0 Å². The first kappa shape index (κ1) is 12.1. The molecule has 3 rings (SSSR count). The highest BCUT2D eigenvalue weighted by Crippen LogP contribution is 2.31. The lowest BCUT2D eigenvalue weighted by atomic mass is 10.0. The Bertz CT molecular complexity index is 594. The molecule has 98 valence electrons. The summed E-state index contributed by atoms with van der Waals surface area (Å²) < 4.78 is 0. The minimum atomic E-state index is 0.489. The topological polar surface area (TPSA) is 55.0 Å². The van der Waals surface area contributed by atoms with E-state index in [0.29, 0.717) is 6.54 Å². The van der Waals surface area contributed by atoms with Gasteiger partial charge in [-0.05, 0) is 31.4 Å². The quantitative estimate of drug-likeness (QED) is 0.893. The molecule has 2 N–H and O–H groups in total. The van der Waals surface area contributed by atoms with Crippen LogP contribution in [0.3, 0.4) is 0 Å². The largest absolute Gasteiger partial charge is 0.326 e. The Labute approximate surface area is 113 Å². The lowest BCUT2D eigenvalue weighted by molar-refractivity contribution is 0.746. The van der Waals surface area contributed by atoms with E-state index in [2.05, 4.69) is 39.1 Å². The van der Waals surface area contributed by atoms with Crippen LogP contribution in [0.4, 0.5) is 11.6 Å². The van der Waals surface area contributed by atoms with Crippen LogP contribution in [0.2, 0.25) is 0 Å². The number of para-hydroxylation sites is 1. The number of nitrogens with two attached hydrogens (primary N) is 1. The van der Waals surface area contributed by atoms with Crippen molar-refractivity contribution in [2.24, 2.45) is 5.73 Å². The number of hydrogen-bond donors (Lipinski definition) is 1. The van der Waals surface area contributed by atoms with Gasteiger partial charge in [-0.1, -0.05) is 18.2 Å². The first-order chi connectivity index (χ1) is 9.29. The highest BCUT2D eigenvalue weighted by molar-refractivity contribution is 5.63. The fourth-order valence-electron chi connectivity index (χ4n) is 2.55. The van der Waals surface area contributed by atoms with Crippen molar-refractivity contribution in [3.05, 3.63) is 47.3 Å². The zero-order valence-corrected chi connectivity index (χ0v) is 11.1. The number of fused-ring (bicyclic) bond motifs is 1. The van der Waals surface area contributed by atoms with Gasteiger partial charge in [0.15, 0.2) is 0 Å². The van der Waals surface area contributed by atoms with Gasteiger partial charge >= 0.3 is 0 Å². The first-order valence-electron chi connectivity index (χ1n) is 6.67. The maximum Gasteiger partial charge on any atom is 0.230 e. The molecule has 0 unspecified atom stereocenters. The fourth-order valence-corrected chi connectivity index (χ4v) is 2.55. The number of nitrogens with zero attached hydrogens (tertiary/aromatic N) is 3. The third-order valence-corrected chi connectivity index (χ3v) is 3.64. The summed E-state index contributed by atoms with van der Waals surface area (Å²) in [6.45, 7) is 3.45. The Morgan fingerprint density at radius 3 is 2.95 bits per heavy atom. The minimum absolute atomic E-state index is 0.489. The third-order valence-electron chi connectivity index (χ3n) is 3.64. The molecular formula is C15H18N4. The van der Waals surface area contributed by atoms with Crippen molar-refractivity contribution >= 4 is 11.6 Å². The number of benzene rings is 1. The van der Waals surface area contributed by atoms with Gasteiger partial charge in [0.2, 0.25) is 5.95 Å². The molecule has 1 aromatic carbocycles. The molecule has 0 aliphatic carbocycles. The molecule has 0 saturated heterocycles. The molecule has 1 aliphatic rings. The summed E-state index contributed by atoms with van der Waals surface area (Å²) in [6.07, 6.45) is 4.11. The van der Waals surface area contributed by atoms with Crippen molar-refractivity contribution < 1.29 is 0 Å². The number of aromatic nitrogens is 2. The molecule has 19 heavy (non-hydrogen) atoms. The molecule has 0 atom stereocenters. The van der Waals surface area contributed by atoms with Crippen molar-refractivity contribution in [3.63, 3.8) is 0 Å². The van der Waals surface area contributed by atoms with E-state index in [1.165, 1.54) is 11.3 Å². The van der Waals surface area contributed by atoms with E-state index in [-0.39, 0.29) is 0 Å². The van der Waals surface area contributed by atoms with Crippen molar-refractivity contribution in [3.8, 4) is 0 Å². The van der Waals surface area contributed by atoms with E-state index in [0.717, 1.165) is 36.6 Å². The van der Waals surface area contributed by atoms with Crippen molar-refractivity contribution in [1.82, 2.24) is 9.97 Å². The number of aryl methyl sites for hydroxylation is 2. The van der Waals surface area contributed by atoms with E-state index in [1.807, 2.05) is 13.1 Å². The summed E-state index contributed by atoms with van der Waals surface area (Å²) in [4.78, 5) is 11.3. The Balaban J connectivity index is 2.02. The molecule has 4 heteroatoms.